The Balaban J connectivity index is 1.21. The third-order valence-electron chi connectivity index (χ3n) is 10.5. The Bertz CT molecular complexity index is 3310. The third-order valence-corrected chi connectivity index (χ3v) is 11.6. The molecule has 8 aromatic carbocycles. The molecule has 0 spiro atoms. The van der Waals surface area contributed by atoms with Crippen LogP contribution in [0.2, 0.25) is 0 Å². The minimum atomic E-state index is 0.581. The molecular formula is C47H25N3O2S. The fourth-order valence-electron chi connectivity index (χ4n) is 8.08. The monoisotopic (exact) mass is 695 g/mol. The molecule has 0 atom stereocenters. The van der Waals surface area contributed by atoms with Gasteiger partial charge in [0.1, 0.15) is 22.3 Å². The number of benzene rings is 8. The van der Waals surface area contributed by atoms with Gasteiger partial charge in [0.05, 0.1) is 0 Å². The lowest BCUT2D eigenvalue weighted by molar-refractivity contribution is 0.672. The molecule has 4 heterocycles. The van der Waals surface area contributed by atoms with Crippen LogP contribution in [0.5, 0.6) is 0 Å². The summed E-state index contributed by atoms with van der Waals surface area (Å²) in [5, 5.41) is 10.7. The number of furan rings is 2. The quantitative estimate of drug-likeness (QED) is 0.184. The lowest BCUT2D eigenvalue weighted by Gasteiger charge is -2.12. The van der Waals surface area contributed by atoms with Crippen LogP contribution in [0.25, 0.3) is 120 Å². The average molecular weight is 696 g/mol. The summed E-state index contributed by atoms with van der Waals surface area (Å²) in [6, 6.07) is 52.6. The van der Waals surface area contributed by atoms with Gasteiger partial charge in [0, 0.05) is 69.2 Å². The molecule has 0 unspecified atom stereocenters. The van der Waals surface area contributed by atoms with Crippen molar-refractivity contribution >= 4 is 96.9 Å². The van der Waals surface area contributed by atoms with Crippen LogP contribution in [0.1, 0.15) is 0 Å². The SMILES string of the molecule is c1ccc2c(c1)cc(-c1nc(-c3ccc4c(c3)sc3ccccc34)nc(-c3cc4ccccc4c4oc5ccccc5c34)n1)c1c3ccccc3oc21. The summed E-state index contributed by atoms with van der Waals surface area (Å²) in [7, 11) is 0. The molecule has 0 saturated carbocycles. The van der Waals surface area contributed by atoms with E-state index in [0.717, 1.165) is 82.1 Å². The number of hydrogen-bond donors (Lipinski definition) is 0. The first-order valence-corrected chi connectivity index (χ1v) is 18.4. The molecule has 5 nitrogen and oxygen atoms in total. The van der Waals surface area contributed by atoms with Crippen LogP contribution in [-0.4, -0.2) is 15.0 Å². The first kappa shape index (κ1) is 28.8. The highest BCUT2D eigenvalue weighted by Crippen LogP contribution is 2.44. The summed E-state index contributed by atoms with van der Waals surface area (Å²) >= 11 is 1.79. The fraction of sp³-hybridized carbons (Fsp3) is 0. The van der Waals surface area contributed by atoms with E-state index < -0.39 is 0 Å². The number of aromatic nitrogens is 3. The van der Waals surface area contributed by atoms with Gasteiger partial charge in [-0.05, 0) is 47.2 Å². The highest BCUT2D eigenvalue weighted by molar-refractivity contribution is 7.25. The number of hydrogen-bond acceptors (Lipinski definition) is 6. The third kappa shape index (κ3) is 4.21. The summed E-state index contributed by atoms with van der Waals surface area (Å²) in [6.45, 7) is 0. The standard InChI is InChI=1S/C47H25N3O2S/c1-3-13-29-26(11-1)23-35(41-33-16-5-8-18-37(33)51-43(29)41)46-48-45(28-21-22-32-31-15-7-10-20-39(31)53-40(32)25-28)49-47(50-46)36-24-27-12-2-4-14-30(27)44-42(36)34-17-6-9-19-38(34)52-44/h1-25H. The Kier molecular flexibility index (Phi) is 5.87. The summed E-state index contributed by atoms with van der Waals surface area (Å²) in [6.07, 6.45) is 0. The molecule has 6 heteroatoms. The van der Waals surface area contributed by atoms with Gasteiger partial charge in [0.2, 0.25) is 0 Å². The average Bonchev–Trinajstić information content (AvgIpc) is 3.92. The second kappa shape index (κ2) is 10.8. The second-order valence-electron chi connectivity index (χ2n) is 13.5. The van der Waals surface area contributed by atoms with Crippen molar-refractivity contribution in [2.24, 2.45) is 0 Å². The maximum atomic E-state index is 6.60. The van der Waals surface area contributed by atoms with Crippen molar-refractivity contribution in [3.63, 3.8) is 0 Å². The highest BCUT2D eigenvalue weighted by Gasteiger charge is 2.23. The highest BCUT2D eigenvalue weighted by atomic mass is 32.1. The molecule has 0 bridgehead atoms. The molecule has 4 aromatic heterocycles. The lowest BCUT2D eigenvalue weighted by Crippen LogP contribution is -2.01. The van der Waals surface area contributed by atoms with E-state index >= 15 is 0 Å². The molecular weight excluding hydrogens is 671 g/mol. The van der Waals surface area contributed by atoms with E-state index in [1.165, 1.54) is 20.2 Å². The van der Waals surface area contributed by atoms with Crippen molar-refractivity contribution in [3.05, 3.63) is 152 Å². The van der Waals surface area contributed by atoms with E-state index in [2.05, 4.69) is 127 Å². The predicted octanol–water partition coefficient (Wildman–Crippen LogP) is 13.3. The van der Waals surface area contributed by atoms with Crippen molar-refractivity contribution in [2.45, 2.75) is 0 Å². The normalized spacial score (nSPS) is 12.2. The van der Waals surface area contributed by atoms with Crippen LogP contribution < -0.4 is 0 Å². The Labute approximate surface area is 305 Å². The van der Waals surface area contributed by atoms with Crippen LogP contribution in [0, 0.1) is 0 Å². The maximum Gasteiger partial charge on any atom is 0.164 e. The van der Waals surface area contributed by atoms with Crippen LogP contribution in [-0.2, 0) is 0 Å². The molecule has 0 aliphatic carbocycles. The van der Waals surface area contributed by atoms with Crippen LogP contribution in [0.3, 0.4) is 0 Å². The van der Waals surface area contributed by atoms with Gasteiger partial charge in [0.25, 0.3) is 0 Å². The number of rotatable bonds is 3. The van der Waals surface area contributed by atoms with Crippen molar-refractivity contribution in [1.29, 1.82) is 0 Å². The van der Waals surface area contributed by atoms with Crippen molar-refractivity contribution in [1.82, 2.24) is 15.0 Å². The lowest BCUT2D eigenvalue weighted by atomic mass is 9.98. The summed E-state index contributed by atoms with van der Waals surface area (Å²) in [4.78, 5) is 16.0. The van der Waals surface area contributed by atoms with Gasteiger partial charge in [-0.1, -0.05) is 115 Å². The van der Waals surface area contributed by atoms with E-state index in [1.807, 2.05) is 24.3 Å². The van der Waals surface area contributed by atoms with E-state index in [-0.39, 0.29) is 0 Å². The smallest absolute Gasteiger partial charge is 0.164 e. The zero-order valence-electron chi connectivity index (χ0n) is 28.0. The first-order valence-electron chi connectivity index (χ1n) is 17.6. The number of fused-ring (bicyclic) bond motifs is 13. The Hall–Kier alpha value is -6.89. The van der Waals surface area contributed by atoms with Crippen molar-refractivity contribution in [3.8, 4) is 34.2 Å². The molecule has 0 saturated heterocycles. The zero-order chi connectivity index (χ0) is 34.6. The number of nitrogens with zero attached hydrogens (tertiary/aromatic N) is 3. The molecule has 246 valence electrons. The molecule has 12 rings (SSSR count). The second-order valence-corrected chi connectivity index (χ2v) is 14.6. The van der Waals surface area contributed by atoms with Gasteiger partial charge in [-0.3, -0.25) is 0 Å². The van der Waals surface area contributed by atoms with Gasteiger partial charge in [-0.25, -0.2) is 15.0 Å². The minimum absolute atomic E-state index is 0.581. The molecule has 0 radical (unpaired) electrons. The molecule has 0 fully saturated rings. The van der Waals surface area contributed by atoms with Crippen LogP contribution in [0.4, 0.5) is 0 Å². The molecule has 53 heavy (non-hydrogen) atoms. The summed E-state index contributed by atoms with van der Waals surface area (Å²) < 4.78 is 15.6. The Morgan fingerprint density at radius 2 is 0.849 bits per heavy atom. The largest absolute Gasteiger partial charge is 0.455 e. The molecule has 0 N–H and O–H groups in total. The molecule has 0 aliphatic rings. The predicted molar refractivity (Wildman–Crippen MR) is 219 cm³/mol. The van der Waals surface area contributed by atoms with E-state index in [0.29, 0.717) is 17.5 Å². The van der Waals surface area contributed by atoms with Gasteiger partial charge in [0.15, 0.2) is 17.5 Å². The first-order chi connectivity index (χ1) is 26.2. The number of para-hydroxylation sites is 2. The molecule has 0 amide bonds. The van der Waals surface area contributed by atoms with Crippen molar-refractivity contribution in [2.75, 3.05) is 0 Å². The topological polar surface area (TPSA) is 65.0 Å². The van der Waals surface area contributed by atoms with Gasteiger partial charge < -0.3 is 8.83 Å². The Morgan fingerprint density at radius 1 is 0.377 bits per heavy atom. The van der Waals surface area contributed by atoms with E-state index in [9.17, 15) is 0 Å². The number of thiophene rings is 1. The molecule has 0 aliphatic heterocycles. The van der Waals surface area contributed by atoms with Crippen molar-refractivity contribution < 1.29 is 8.83 Å². The summed E-state index contributed by atoms with van der Waals surface area (Å²) in [5.74, 6) is 1.77. The fourth-order valence-corrected chi connectivity index (χ4v) is 9.23. The maximum absolute atomic E-state index is 6.60. The van der Waals surface area contributed by atoms with Gasteiger partial charge in [-0.15, -0.1) is 11.3 Å². The Morgan fingerprint density at radius 3 is 1.45 bits per heavy atom. The minimum Gasteiger partial charge on any atom is -0.455 e. The van der Waals surface area contributed by atoms with Crippen LogP contribution >= 0.6 is 11.3 Å². The zero-order valence-corrected chi connectivity index (χ0v) is 28.8. The molecule has 12 aromatic rings. The van der Waals surface area contributed by atoms with Gasteiger partial charge in [-0.2, -0.15) is 0 Å². The summed E-state index contributed by atoms with van der Waals surface area (Å²) in [5.41, 5.74) is 6.01. The van der Waals surface area contributed by atoms with E-state index in [4.69, 9.17) is 23.8 Å². The van der Waals surface area contributed by atoms with E-state index in [1.54, 1.807) is 11.3 Å². The van der Waals surface area contributed by atoms with Crippen LogP contribution in [0.15, 0.2) is 160 Å². The van der Waals surface area contributed by atoms with Gasteiger partial charge >= 0.3 is 0 Å².